The Balaban J connectivity index is 3.15. The van der Waals surface area contributed by atoms with Crippen LogP contribution >= 0.6 is 0 Å². The van der Waals surface area contributed by atoms with Gasteiger partial charge in [-0.15, -0.1) is 0 Å². The highest BCUT2D eigenvalue weighted by atomic mass is 16.3. The van der Waals surface area contributed by atoms with Crippen LogP contribution in [0.5, 0.6) is 0 Å². The van der Waals surface area contributed by atoms with Crippen molar-refractivity contribution >= 4 is 0 Å². The predicted octanol–water partition coefficient (Wildman–Crippen LogP) is 0.451. The molecule has 1 rings (SSSR count). The molecule has 4 heteroatoms. The highest BCUT2D eigenvalue weighted by Crippen LogP contribution is 2.20. The summed E-state index contributed by atoms with van der Waals surface area (Å²) in [5.74, 6) is 0. The molecule has 0 aliphatic carbocycles. The summed E-state index contributed by atoms with van der Waals surface area (Å²) in [4.78, 5) is 0. The first-order valence-corrected chi connectivity index (χ1v) is 6.37. The standard InChI is InChI=1S/C14H24N2O2/c1-9(17)3-11-5-12(4-10(2)18)14(8-16)6-13(11)7-15/h5-6,9-10,17-18H,3-4,7-8,15-16H2,1-2H3. The molecule has 1 aromatic rings. The number of nitrogens with two attached hydrogens (primary N) is 2. The fraction of sp³-hybridized carbons (Fsp3) is 0.571. The Bertz CT molecular complexity index is 356. The molecule has 2 atom stereocenters. The summed E-state index contributed by atoms with van der Waals surface area (Å²) in [6.07, 6.45) is 0.339. The highest BCUT2D eigenvalue weighted by molar-refractivity contribution is 5.39. The van der Waals surface area contributed by atoms with Crippen LogP contribution in [0, 0.1) is 0 Å². The molecule has 18 heavy (non-hydrogen) atoms. The number of rotatable bonds is 6. The summed E-state index contributed by atoms with van der Waals surface area (Å²) in [7, 11) is 0. The molecular formula is C14H24N2O2. The number of hydrogen-bond acceptors (Lipinski definition) is 4. The Labute approximate surface area is 109 Å². The average molecular weight is 252 g/mol. The van der Waals surface area contributed by atoms with Crippen molar-refractivity contribution in [2.75, 3.05) is 0 Å². The van der Waals surface area contributed by atoms with Crippen LogP contribution in [-0.4, -0.2) is 22.4 Å². The first kappa shape index (κ1) is 15.1. The lowest BCUT2D eigenvalue weighted by molar-refractivity contribution is 0.194. The number of hydrogen-bond donors (Lipinski definition) is 4. The van der Waals surface area contributed by atoms with Crippen molar-refractivity contribution in [3.8, 4) is 0 Å². The van der Waals surface area contributed by atoms with Crippen LogP contribution in [-0.2, 0) is 25.9 Å². The van der Waals surface area contributed by atoms with E-state index in [-0.39, 0.29) is 0 Å². The van der Waals surface area contributed by atoms with E-state index in [9.17, 15) is 10.2 Å². The van der Waals surface area contributed by atoms with Gasteiger partial charge in [0.2, 0.25) is 0 Å². The minimum atomic E-state index is -0.404. The van der Waals surface area contributed by atoms with Crippen molar-refractivity contribution in [1.82, 2.24) is 0 Å². The predicted molar refractivity (Wildman–Crippen MR) is 73.0 cm³/mol. The minimum absolute atomic E-state index is 0.404. The second-order valence-corrected chi connectivity index (χ2v) is 4.90. The molecule has 0 spiro atoms. The van der Waals surface area contributed by atoms with Gasteiger partial charge in [0.25, 0.3) is 0 Å². The van der Waals surface area contributed by atoms with Crippen molar-refractivity contribution in [2.24, 2.45) is 11.5 Å². The molecule has 4 nitrogen and oxygen atoms in total. The molecule has 102 valence electrons. The number of benzene rings is 1. The maximum Gasteiger partial charge on any atom is 0.0552 e. The number of aliphatic hydroxyl groups excluding tert-OH is 2. The Kier molecular flexibility index (Phi) is 5.75. The second kappa shape index (κ2) is 6.85. The van der Waals surface area contributed by atoms with Gasteiger partial charge in [-0.1, -0.05) is 12.1 Å². The normalized spacial score (nSPS) is 14.6. The van der Waals surface area contributed by atoms with Crippen LogP contribution in [0.4, 0.5) is 0 Å². The van der Waals surface area contributed by atoms with Crippen molar-refractivity contribution < 1.29 is 10.2 Å². The van der Waals surface area contributed by atoms with Gasteiger partial charge in [0.05, 0.1) is 12.2 Å². The summed E-state index contributed by atoms with van der Waals surface area (Å²) in [5, 5.41) is 19.0. The summed E-state index contributed by atoms with van der Waals surface area (Å²) in [6.45, 7) is 4.38. The van der Waals surface area contributed by atoms with Gasteiger partial charge in [-0.3, -0.25) is 0 Å². The fourth-order valence-electron chi connectivity index (χ4n) is 2.19. The molecule has 0 bridgehead atoms. The monoisotopic (exact) mass is 252 g/mol. The SMILES string of the molecule is CC(O)Cc1cc(CC(C)O)c(CN)cc1CN. The molecule has 0 amide bonds. The largest absolute Gasteiger partial charge is 0.393 e. The zero-order valence-corrected chi connectivity index (χ0v) is 11.2. The maximum atomic E-state index is 9.51. The lowest BCUT2D eigenvalue weighted by atomic mass is 9.92. The second-order valence-electron chi connectivity index (χ2n) is 4.90. The molecule has 0 radical (unpaired) electrons. The first-order valence-electron chi connectivity index (χ1n) is 6.37. The van der Waals surface area contributed by atoms with E-state index < -0.39 is 12.2 Å². The van der Waals surface area contributed by atoms with E-state index in [1.165, 1.54) is 0 Å². The molecule has 0 aliphatic rings. The van der Waals surface area contributed by atoms with Crippen LogP contribution < -0.4 is 11.5 Å². The Morgan fingerprint density at radius 1 is 0.833 bits per heavy atom. The van der Waals surface area contributed by atoms with Crippen molar-refractivity contribution in [3.63, 3.8) is 0 Å². The first-order chi connectivity index (χ1) is 8.47. The molecule has 0 saturated carbocycles. The van der Waals surface area contributed by atoms with Crippen LogP contribution in [0.25, 0.3) is 0 Å². The lowest BCUT2D eigenvalue weighted by Gasteiger charge is -2.17. The van der Waals surface area contributed by atoms with E-state index in [4.69, 9.17) is 11.5 Å². The van der Waals surface area contributed by atoms with E-state index in [1.54, 1.807) is 13.8 Å². The zero-order valence-electron chi connectivity index (χ0n) is 11.2. The number of aliphatic hydroxyl groups is 2. The third-order valence-electron chi connectivity index (χ3n) is 2.99. The zero-order chi connectivity index (χ0) is 13.7. The Morgan fingerprint density at radius 3 is 1.44 bits per heavy atom. The molecule has 0 heterocycles. The molecule has 0 aliphatic heterocycles. The van der Waals surface area contributed by atoms with Gasteiger partial charge >= 0.3 is 0 Å². The third-order valence-corrected chi connectivity index (χ3v) is 2.99. The molecule has 0 saturated heterocycles. The molecule has 6 N–H and O–H groups in total. The topological polar surface area (TPSA) is 92.5 Å². The van der Waals surface area contributed by atoms with Crippen LogP contribution in [0.15, 0.2) is 12.1 Å². The van der Waals surface area contributed by atoms with Crippen LogP contribution in [0.2, 0.25) is 0 Å². The summed E-state index contributed by atoms with van der Waals surface area (Å²) >= 11 is 0. The minimum Gasteiger partial charge on any atom is -0.393 e. The van der Waals surface area contributed by atoms with E-state index in [0.29, 0.717) is 25.9 Å². The summed E-state index contributed by atoms with van der Waals surface area (Å²) in [5.41, 5.74) is 15.6. The van der Waals surface area contributed by atoms with Gasteiger partial charge in [-0.05, 0) is 48.9 Å². The Morgan fingerprint density at radius 2 is 1.17 bits per heavy atom. The molecule has 1 aromatic carbocycles. The molecule has 2 unspecified atom stereocenters. The molecule has 0 fully saturated rings. The van der Waals surface area contributed by atoms with E-state index in [2.05, 4.69) is 0 Å². The van der Waals surface area contributed by atoms with Gasteiger partial charge in [0.1, 0.15) is 0 Å². The van der Waals surface area contributed by atoms with Crippen LogP contribution in [0.3, 0.4) is 0 Å². The van der Waals surface area contributed by atoms with Crippen LogP contribution in [0.1, 0.15) is 36.1 Å². The van der Waals surface area contributed by atoms with E-state index in [1.807, 2.05) is 12.1 Å². The van der Waals surface area contributed by atoms with Gasteiger partial charge < -0.3 is 21.7 Å². The molecule has 0 aromatic heterocycles. The summed E-state index contributed by atoms with van der Waals surface area (Å²) in [6, 6.07) is 4.01. The fourth-order valence-corrected chi connectivity index (χ4v) is 2.19. The molecular weight excluding hydrogens is 228 g/mol. The Hall–Kier alpha value is -0.940. The van der Waals surface area contributed by atoms with Crippen molar-refractivity contribution in [2.45, 2.75) is 52.0 Å². The third kappa shape index (κ3) is 4.07. The quantitative estimate of drug-likeness (QED) is 0.591. The van der Waals surface area contributed by atoms with E-state index >= 15 is 0 Å². The maximum absolute atomic E-state index is 9.51. The van der Waals surface area contributed by atoms with Gasteiger partial charge in [0, 0.05) is 13.1 Å². The highest BCUT2D eigenvalue weighted by Gasteiger charge is 2.11. The van der Waals surface area contributed by atoms with Gasteiger partial charge in [-0.2, -0.15) is 0 Å². The van der Waals surface area contributed by atoms with Crippen molar-refractivity contribution in [3.05, 3.63) is 34.4 Å². The van der Waals surface area contributed by atoms with Gasteiger partial charge in [0.15, 0.2) is 0 Å². The lowest BCUT2D eigenvalue weighted by Crippen LogP contribution is -2.15. The van der Waals surface area contributed by atoms with E-state index in [0.717, 1.165) is 22.3 Å². The average Bonchev–Trinajstić information content (AvgIpc) is 2.28. The summed E-state index contributed by atoms with van der Waals surface area (Å²) < 4.78 is 0. The smallest absolute Gasteiger partial charge is 0.0552 e. The van der Waals surface area contributed by atoms with Gasteiger partial charge in [-0.25, -0.2) is 0 Å². The van der Waals surface area contributed by atoms with Crippen molar-refractivity contribution in [1.29, 1.82) is 0 Å².